The maximum Gasteiger partial charge on any atom is 0.254 e. The molecule has 0 saturated heterocycles. The molecule has 0 aliphatic carbocycles. The van der Waals surface area contributed by atoms with Gasteiger partial charge in [-0.3, -0.25) is 4.79 Å². The van der Waals surface area contributed by atoms with Crippen molar-refractivity contribution in [1.29, 1.82) is 0 Å². The quantitative estimate of drug-likeness (QED) is 0.854. The van der Waals surface area contributed by atoms with Gasteiger partial charge in [0, 0.05) is 17.8 Å². The second kappa shape index (κ2) is 5.89. The van der Waals surface area contributed by atoms with Crippen LogP contribution in [0.2, 0.25) is 5.02 Å². The summed E-state index contributed by atoms with van der Waals surface area (Å²) in [6.45, 7) is 2.40. The number of hydrogen-bond acceptors (Lipinski definition) is 3. The highest BCUT2D eigenvalue weighted by atomic mass is 35.5. The number of halogens is 1. The summed E-state index contributed by atoms with van der Waals surface area (Å²) in [7, 11) is 1.55. The van der Waals surface area contributed by atoms with Gasteiger partial charge in [-0.1, -0.05) is 23.7 Å². The molecule has 0 saturated carbocycles. The van der Waals surface area contributed by atoms with E-state index in [1.54, 1.807) is 14.0 Å². The maximum atomic E-state index is 11.6. The van der Waals surface area contributed by atoms with E-state index in [4.69, 9.17) is 16.3 Å². The minimum atomic E-state index is -0.195. The van der Waals surface area contributed by atoms with Crippen molar-refractivity contribution in [2.45, 2.75) is 19.9 Å². The van der Waals surface area contributed by atoms with Gasteiger partial charge in [0.05, 0.1) is 13.5 Å². The Morgan fingerprint density at radius 1 is 1.47 bits per heavy atom. The number of carbonyl (C=O) groups excluding carboxylic acids is 1. The third-order valence-electron chi connectivity index (χ3n) is 2.83. The average molecular weight is 279 g/mol. The highest BCUT2D eigenvalue weighted by Gasteiger charge is 2.16. The molecule has 5 heteroatoms. The predicted molar refractivity (Wildman–Crippen MR) is 74.8 cm³/mol. The molecule has 4 nitrogen and oxygen atoms in total. The fraction of sp³-hybridized carbons (Fsp3) is 0.286. The van der Waals surface area contributed by atoms with Crippen molar-refractivity contribution in [2.75, 3.05) is 7.11 Å². The maximum absolute atomic E-state index is 11.6. The van der Waals surface area contributed by atoms with Crippen LogP contribution in [-0.2, 0) is 16.1 Å². The van der Waals surface area contributed by atoms with E-state index < -0.39 is 0 Å². The van der Waals surface area contributed by atoms with Gasteiger partial charge in [0.25, 0.3) is 5.91 Å². The van der Waals surface area contributed by atoms with Gasteiger partial charge in [-0.15, -0.1) is 0 Å². The molecular weight excluding hydrogens is 264 g/mol. The van der Waals surface area contributed by atoms with E-state index in [0.29, 0.717) is 23.2 Å². The highest BCUT2D eigenvalue weighted by Crippen LogP contribution is 2.17. The van der Waals surface area contributed by atoms with Crippen molar-refractivity contribution in [1.82, 2.24) is 4.90 Å². The van der Waals surface area contributed by atoms with Crippen LogP contribution in [0.1, 0.15) is 18.9 Å². The minimum Gasteiger partial charge on any atom is -0.499 e. The summed E-state index contributed by atoms with van der Waals surface area (Å²) < 4.78 is 5.18. The lowest BCUT2D eigenvalue weighted by Crippen LogP contribution is -2.22. The molecule has 0 aromatic heterocycles. The first-order valence-corrected chi connectivity index (χ1v) is 6.30. The van der Waals surface area contributed by atoms with Gasteiger partial charge in [-0.25, -0.2) is 0 Å². The van der Waals surface area contributed by atoms with Crippen LogP contribution in [-0.4, -0.2) is 23.8 Å². The molecule has 1 aromatic rings. The summed E-state index contributed by atoms with van der Waals surface area (Å²) in [5, 5.41) is 0.689. The Labute approximate surface area is 117 Å². The first kappa shape index (κ1) is 13.6. The third kappa shape index (κ3) is 3.58. The molecule has 1 aromatic carbocycles. The highest BCUT2D eigenvalue weighted by molar-refractivity contribution is 6.30. The molecule has 0 N–H and O–H groups in total. The summed E-state index contributed by atoms with van der Waals surface area (Å²) in [5.74, 6) is 1.06. The molecule has 2 rings (SSSR count). The second-order valence-corrected chi connectivity index (χ2v) is 4.72. The van der Waals surface area contributed by atoms with Crippen molar-refractivity contribution < 1.29 is 9.53 Å². The van der Waals surface area contributed by atoms with Crippen LogP contribution in [0.25, 0.3) is 0 Å². The lowest BCUT2D eigenvalue weighted by Gasteiger charge is -2.19. The number of amidine groups is 1. The van der Waals surface area contributed by atoms with Crippen molar-refractivity contribution in [3.05, 3.63) is 46.8 Å². The Bertz CT molecular complexity index is 552. The van der Waals surface area contributed by atoms with E-state index in [-0.39, 0.29) is 12.3 Å². The average Bonchev–Trinajstić information content (AvgIpc) is 2.49. The molecule has 0 spiro atoms. The zero-order chi connectivity index (χ0) is 13.8. The standard InChI is InChI=1S/C14H15ClN2O2/c1-10-16-14(18)7-13(19-2)9-17(10)8-11-4-3-5-12(15)6-11/h3-6,9H,7-8H2,1-2H3. The van der Waals surface area contributed by atoms with Crippen molar-refractivity contribution >= 4 is 23.3 Å². The van der Waals surface area contributed by atoms with E-state index in [2.05, 4.69) is 4.99 Å². The normalized spacial score (nSPS) is 15.7. The Morgan fingerprint density at radius 2 is 2.26 bits per heavy atom. The number of methoxy groups -OCH3 is 1. The van der Waals surface area contributed by atoms with Crippen LogP contribution < -0.4 is 0 Å². The molecule has 0 unspecified atom stereocenters. The third-order valence-corrected chi connectivity index (χ3v) is 3.07. The Kier molecular flexibility index (Phi) is 4.22. The Balaban J connectivity index is 2.25. The number of benzene rings is 1. The number of amides is 1. The largest absolute Gasteiger partial charge is 0.499 e. The summed E-state index contributed by atoms with van der Waals surface area (Å²) in [4.78, 5) is 17.5. The van der Waals surface area contributed by atoms with Gasteiger partial charge in [-0.05, 0) is 24.6 Å². The molecule has 1 aliphatic heterocycles. The molecule has 0 atom stereocenters. The van der Waals surface area contributed by atoms with Crippen molar-refractivity contribution in [3.63, 3.8) is 0 Å². The number of ether oxygens (including phenoxy) is 1. The summed E-state index contributed by atoms with van der Waals surface area (Å²) in [5.41, 5.74) is 1.04. The van der Waals surface area contributed by atoms with Gasteiger partial charge in [0.15, 0.2) is 0 Å². The second-order valence-electron chi connectivity index (χ2n) is 4.29. The fourth-order valence-electron chi connectivity index (χ4n) is 1.86. The number of carbonyl (C=O) groups is 1. The van der Waals surface area contributed by atoms with Gasteiger partial charge in [0.2, 0.25) is 0 Å². The van der Waals surface area contributed by atoms with E-state index in [9.17, 15) is 4.79 Å². The number of aliphatic imine (C=N–C) groups is 1. The number of hydrogen-bond donors (Lipinski definition) is 0. The van der Waals surface area contributed by atoms with Crippen LogP contribution in [0.3, 0.4) is 0 Å². The van der Waals surface area contributed by atoms with E-state index in [0.717, 1.165) is 5.56 Å². The van der Waals surface area contributed by atoms with Gasteiger partial charge in [0.1, 0.15) is 11.6 Å². The van der Waals surface area contributed by atoms with Gasteiger partial charge < -0.3 is 9.64 Å². The topological polar surface area (TPSA) is 41.9 Å². The molecule has 0 radical (unpaired) electrons. The fourth-order valence-corrected chi connectivity index (χ4v) is 2.08. The molecule has 19 heavy (non-hydrogen) atoms. The Morgan fingerprint density at radius 3 is 2.95 bits per heavy atom. The summed E-state index contributed by atoms with van der Waals surface area (Å²) in [6.07, 6.45) is 2.00. The van der Waals surface area contributed by atoms with Crippen LogP contribution in [0.4, 0.5) is 0 Å². The van der Waals surface area contributed by atoms with E-state index in [1.165, 1.54) is 0 Å². The zero-order valence-corrected chi connectivity index (χ0v) is 11.6. The lowest BCUT2D eigenvalue weighted by atomic mass is 10.2. The zero-order valence-electron chi connectivity index (χ0n) is 10.9. The van der Waals surface area contributed by atoms with Crippen molar-refractivity contribution in [2.24, 2.45) is 4.99 Å². The number of rotatable bonds is 3. The van der Waals surface area contributed by atoms with Crippen LogP contribution in [0.15, 0.2) is 41.2 Å². The predicted octanol–water partition coefficient (Wildman–Crippen LogP) is 2.98. The molecule has 1 heterocycles. The SMILES string of the molecule is COC1=CN(Cc2cccc(Cl)c2)C(C)=NC(=O)C1. The molecule has 0 fully saturated rings. The monoisotopic (exact) mass is 278 g/mol. The van der Waals surface area contributed by atoms with Crippen LogP contribution in [0, 0.1) is 0 Å². The van der Waals surface area contributed by atoms with E-state index >= 15 is 0 Å². The molecular formula is C14H15ClN2O2. The molecule has 100 valence electrons. The molecule has 1 amide bonds. The Hall–Kier alpha value is -1.81. The van der Waals surface area contributed by atoms with Crippen LogP contribution >= 0.6 is 11.6 Å². The van der Waals surface area contributed by atoms with Crippen molar-refractivity contribution in [3.8, 4) is 0 Å². The van der Waals surface area contributed by atoms with Gasteiger partial charge in [-0.2, -0.15) is 4.99 Å². The summed E-state index contributed by atoms with van der Waals surface area (Å²) >= 11 is 5.97. The number of nitrogens with zero attached hydrogens (tertiary/aromatic N) is 2. The molecule has 1 aliphatic rings. The first-order chi connectivity index (χ1) is 9.08. The summed E-state index contributed by atoms with van der Waals surface area (Å²) in [6, 6.07) is 7.59. The molecule has 0 bridgehead atoms. The minimum absolute atomic E-state index is 0.194. The van der Waals surface area contributed by atoms with Gasteiger partial charge >= 0.3 is 0 Å². The van der Waals surface area contributed by atoms with Crippen LogP contribution in [0.5, 0.6) is 0 Å². The smallest absolute Gasteiger partial charge is 0.254 e. The first-order valence-electron chi connectivity index (χ1n) is 5.92. The van der Waals surface area contributed by atoms with E-state index in [1.807, 2.05) is 35.4 Å². The lowest BCUT2D eigenvalue weighted by molar-refractivity contribution is -0.117.